The Morgan fingerprint density at radius 3 is 2.59 bits per heavy atom. The first-order valence-electron chi connectivity index (χ1n) is 5.84. The summed E-state index contributed by atoms with van der Waals surface area (Å²) in [7, 11) is 0. The molecule has 0 radical (unpaired) electrons. The molecule has 92 valence electrons. The summed E-state index contributed by atoms with van der Waals surface area (Å²) in [6.45, 7) is 3.25. The highest BCUT2D eigenvalue weighted by Crippen LogP contribution is 2.23. The lowest BCUT2D eigenvalue weighted by atomic mass is 10.1. The van der Waals surface area contributed by atoms with Gasteiger partial charge in [0.25, 0.3) is 5.91 Å². The van der Waals surface area contributed by atoms with Gasteiger partial charge in [0, 0.05) is 17.6 Å². The topological polar surface area (TPSA) is 20.3 Å². The van der Waals surface area contributed by atoms with E-state index in [9.17, 15) is 9.18 Å². The van der Waals surface area contributed by atoms with Gasteiger partial charge in [-0.05, 0) is 59.8 Å². The summed E-state index contributed by atoms with van der Waals surface area (Å²) in [5.74, 6) is -0.399. The van der Waals surface area contributed by atoms with Crippen molar-refractivity contribution in [2.24, 2.45) is 0 Å². The van der Waals surface area contributed by atoms with Crippen LogP contribution in [0.5, 0.6) is 0 Å². The van der Waals surface area contributed by atoms with E-state index in [2.05, 4.69) is 15.9 Å². The summed E-state index contributed by atoms with van der Waals surface area (Å²) in [6.07, 6.45) is 3.25. The van der Waals surface area contributed by atoms with Gasteiger partial charge >= 0.3 is 0 Å². The van der Waals surface area contributed by atoms with Gasteiger partial charge in [0.2, 0.25) is 0 Å². The minimum Gasteiger partial charge on any atom is -0.339 e. The van der Waals surface area contributed by atoms with Crippen molar-refractivity contribution < 1.29 is 9.18 Å². The Hall–Kier alpha value is -0.900. The lowest BCUT2D eigenvalue weighted by Crippen LogP contribution is -2.35. The lowest BCUT2D eigenvalue weighted by Gasteiger charge is -2.27. The van der Waals surface area contributed by atoms with Crippen LogP contribution in [0, 0.1) is 12.7 Å². The van der Waals surface area contributed by atoms with E-state index in [-0.39, 0.29) is 11.7 Å². The van der Waals surface area contributed by atoms with Gasteiger partial charge in [-0.3, -0.25) is 4.79 Å². The Balaban J connectivity index is 2.26. The molecule has 1 aromatic carbocycles. The number of amides is 1. The molecule has 1 amide bonds. The second kappa shape index (κ2) is 5.17. The fourth-order valence-electron chi connectivity index (χ4n) is 2.08. The van der Waals surface area contributed by atoms with E-state index >= 15 is 0 Å². The van der Waals surface area contributed by atoms with Crippen LogP contribution in [0.25, 0.3) is 0 Å². The first kappa shape index (κ1) is 12.6. The molecule has 0 spiro atoms. The summed E-state index contributed by atoms with van der Waals surface area (Å²) in [5.41, 5.74) is 0.974. The molecule has 2 rings (SSSR count). The van der Waals surface area contributed by atoms with Gasteiger partial charge in [0.05, 0.1) is 5.56 Å². The van der Waals surface area contributed by atoms with Crippen LogP contribution in [-0.2, 0) is 0 Å². The third-order valence-corrected chi connectivity index (χ3v) is 3.78. The quantitative estimate of drug-likeness (QED) is 0.777. The highest BCUT2D eigenvalue weighted by Gasteiger charge is 2.21. The highest BCUT2D eigenvalue weighted by molar-refractivity contribution is 9.10. The van der Waals surface area contributed by atoms with E-state index in [1.807, 2.05) is 0 Å². The third kappa shape index (κ3) is 2.68. The Morgan fingerprint density at radius 1 is 1.29 bits per heavy atom. The van der Waals surface area contributed by atoms with Crippen molar-refractivity contribution in [2.75, 3.05) is 13.1 Å². The fraction of sp³-hybridized carbons (Fsp3) is 0.462. The molecule has 17 heavy (non-hydrogen) atoms. The molecule has 0 saturated carbocycles. The number of rotatable bonds is 1. The van der Waals surface area contributed by atoms with Crippen molar-refractivity contribution >= 4 is 21.8 Å². The second-order valence-electron chi connectivity index (χ2n) is 4.43. The lowest BCUT2D eigenvalue weighted by molar-refractivity contribution is 0.0723. The van der Waals surface area contributed by atoms with Crippen LogP contribution in [0.4, 0.5) is 4.39 Å². The van der Waals surface area contributed by atoms with Crippen molar-refractivity contribution in [2.45, 2.75) is 26.2 Å². The molecule has 1 aromatic rings. The molecule has 0 unspecified atom stereocenters. The number of piperidine rings is 1. The van der Waals surface area contributed by atoms with Crippen molar-refractivity contribution in [3.63, 3.8) is 0 Å². The number of carbonyl (C=O) groups excluding carboxylic acids is 1. The van der Waals surface area contributed by atoms with Crippen LogP contribution in [0.3, 0.4) is 0 Å². The van der Waals surface area contributed by atoms with Crippen LogP contribution in [0.1, 0.15) is 35.2 Å². The molecule has 1 saturated heterocycles. The van der Waals surface area contributed by atoms with Crippen LogP contribution >= 0.6 is 15.9 Å². The number of aryl methyl sites for hydroxylation is 1. The molecular formula is C13H15BrFNO. The minimum absolute atomic E-state index is 0.0736. The van der Waals surface area contributed by atoms with Crippen molar-refractivity contribution in [1.29, 1.82) is 0 Å². The summed E-state index contributed by atoms with van der Waals surface area (Å²) < 4.78 is 14.2. The minimum atomic E-state index is -0.325. The maximum atomic E-state index is 13.5. The molecule has 0 N–H and O–H groups in total. The van der Waals surface area contributed by atoms with Gasteiger partial charge in [-0.1, -0.05) is 0 Å². The molecule has 0 aromatic heterocycles. The molecule has 0 aliphatic carbocycles. The number of hydrogen-bond acceptors (Lipinski definition) is 1. The maximum Gasteiger partial charge on any atom is 0.255 e. The summed E-state index contributed by atoms with van der Waals surface area (Å²) in [5, 5.41) is 0. The van der Waals surface area contributed by atoms with Crippen molar-refractivity contribution in [1.82, 2.24) is 4.90 Å². The molecule has 1 aliphatic rings. The van der Waals surface area contributed by atoms with Gasteiger partial charge in [0.1, 0.15) is 5.82 Å². The van der Waals surface area contributed by atoms with E-state index in [0.717, 1.165) is 25.9 Å². The van der Waals surface area contributed by atoms with Gasteiger partial charge in [-0.15, -0.1) is 0 Å². The average Bonchev–Trinajstić information content (AvgIpc) is 2.34. The van der Waals surface area contributed by atoms with E-state index in [1.165, 1.54) is 12.5 Å². The van der Waals surface area contributed by atoms with Crippen molar-refractivity contribution in [3.8, 4) is 0 Å². The fourth-order valence-corrected chi connectivity index (χ4v) is 2.70. The standard InChI is InChI=1S/C13H15BrFNO/c1-9-7-11(14)10(8-12(9)15)13(17)16-5-3-2-4-6-16/h7-8H,2-6H2,1H3. The monoisotopic (exact) mass is 299 g/mol. The van der Waals surface area contributed by atoms with Gasteiger partial charge < -0.3 is 4.90 Å². The SMILES string of the molecule is Cc1cc(Br)c(C(=O)N2CCCCC2)cc1F. The highest BCUT2D eigenvalue weighted by atomic mass is 79.9. The summed E-state index contributed by atoms with van der Waals surface area (Å²) >= 11 is 3.33. The Bertz CT molecular complexity index is 441. The maximum absolute atomic E-state index is 13.5. The predicted molar refractivity (Wildman–Crippen MR) is 68.6 cm³/mol. The number of likely N-dealkylation sites (tertiary alicyclic amines) is 1. The van der Waals surface area contributed by atoms with Crippen LogP contribution in [0.15, 0.2) is 16.6 Å². The van der Waals surface area contributed by atoms with E-state index in [4.69, 9.17) is 0 Å². The Labute approximate surface area is 109 Å². The van der Waals surface area contributed by atoms with E-state index < -0.39 is 0 Å². The second-order valence-corrected chi connectivity index (χ2v) is 5.29. The van der Waals surface area contributed by atoms with E-state index in [0.29, 0.717) is 15.6 Å². The summed E-state index contributed by atoms with van der Waals surface area (Å²) in [6, 6.07) is 2.99. The number of benzene rings is 1. The normalized spacial score (nSPS) is 16.1. The summed E-state index contributed by atoms with van der Waals surface area (Å²) in [4.78, 5) is 14.0. The first-order valence-corrected chi connectivity index (χ1v) is 6.64. The molecule has 0 bridgehead atoms. The van der Waals surface area contributed by atoms with Crippen molar-refractivity contribution in [3.05, 3.63) is 33.5 Å². The number of nitrogens with zero attached hydrogens (tertiary/aromatic N) is 1. The molecule has 0 atom stereocenters. The molecular weight excluding hydrogens is 285 g/mol. The zero-order valence-corrected chi connectivity index (χ0v) is 11.4. The molecule has 1 aliphatic heterocycles. The Morgan fingerprint density at radius 2 is 1.94 bits per heavy atom. The van der Waals surface area contributed by atoms with Gasteiger partial charge in [0.15, 0.2) is 0 Å². The van der Waals surface area contributed by atoms with Crippen LogP contribution < -0.4 is 0 Å². The molecule has 4 heteroatoms. The zero-order chi connectivity index (χ0) is 12.4. The van der Waals surface area contributed by atoms with Crippen LogP contribution in [-0.4, -0.2) is 23.9 Å². The van der Waals surface area contributed by atoms with Gasteiger partial charge in [-0.25, -0.2) is 4.39 Å². The van der Waals surface area contributed by atoms with Gasteiger partial charge in [-0.2, -0.15) is 0 Å². The number of carbonyl (C=O) groups is 1. The van der Waals surface area contributed by atoms with Crippen LogP contribution in [0.2, 0.25) is 0 Å². The van der Waals surface area contributed by atoms with E-state index in [1.54, 1.807) is 17.9 Å². The number of hydrogen-bond donors (Lipinski definition) is 0. The molecule has 1 heterocycles. The smallest absolute Gasteiger partial charge is 0.255 e. The average molecular weight is 300 g/mol. The third-order valence-electron chi connectivity index (χ3n) is 3.12. The first-order chi connectivity index (χ1) is 8.09. The molecule has 2 nitrogen and oxygen atoms in total. The zero-order valence-electron chi connectivity index (χ0n) is 9.80. The Kier molecular flexibility index (Phi) is 3.82. The number of halogens is 2. The molecule has 1 fully saturated rings. The predicted octanol–water partition coefficient (Wildman–Crippen LogP) is 3.52. The largest absolute Gasteiger partial charge is 0.339 e.